The Morgan fingerprint density at radius 2 is 0.970 bits per heavy atom. The summed E-state index contributed by atoms with van der Waals surface area (Å²) in [4.78, 5) is 13.2. The van der Waals surface area contributed by atoms with Crippen molar-refractivity contribution in [3.63, 3.8) is 0 Å². The molecule has 2 rings (SSSR count). The van der Waals surface area contributed by atoms with Crippen LogP contribution in [0.25, 0.3) is 0 Å². The van der Waals surface area contributed by atoms with Gasteiger partial charge in [-0.05, 0) is 57.8 Å². The Kier molecular flexibility index (Phi) is 35.6. The number of unbranched alkanes of at least 4 members (excludes halogenated alkanes) is 23. The minimum absolute atomic E-state index is 0.259. The summed E-state index contributed by atoms with van der Waals surface area (Å²) in [6.07, 6.45) is 27.5. The number of rotatable bonds is 40. The van der Waals surface area contributed by atoms with E-state index in [1.807, 2.05) is 6.08 Å². The molecule has 2 aliphatic heterocycles. The first kappa shape index (κ1) is 60.3. The zero-order valence-electron chi connectivity index (χ0n) is 40.9. The van der Waals surface area contributed by atoms with Crippen LogP contribution in [0.4, 0.5) is 0 Å². The Balaban J connectivity index is 1.86. The minimum atomic E-state index is -1.79. The molecule has 0 aliphatic carbocycles. The van der Waals surface area contributed by atoms with Crippen LogP contribution in [0.15, 0.2) is 36.5 Å². The predicted octanol–water partition coefficient (Wildman–Crippen LogP) is 7.10. The van der Waals surface area contributed by atoms with E-state index in [0.29, 0.717) is 12.8 Å². The molecule has 1 amide bonds. The summed E-state index contributed by atoms with van der Waals surface area (Å²) in [5, 5.41) is 86.7. The topological polar surface area (TPSA) is 228 Å². The normalized spacial score (nSPS) is 27.1. The van der Waals surface area contributed by atoms with Gasteiger partial charge in [-0.2, -0.15) is 0 Å². The molecule has 2 aliphatic rings. The monoisotopic (exact) mass is 942 g/mol. The van der Waals surface area contributed by atoms with Crippen molar-refractivity contribution in [2.45, 2.75) is 267 Å². The fraction of sp³-hybridized carbons (Fsp3) is 0.865. The summed E-state index contributed by atoms with van der Waals surface area (Å²) in [7, 11) is 0. The summed E-state index contributed by atoms with van der Waals surface area (Å²) in [6.45, 7) is 2.75. The molecule has 14 nitrogen and oxygen atoms in total. The van der Waals surface area contributed by atoms with E-state index in [2.05, 4.69) is 43.5 Å². The molecule has 2 fully saturated rings. The SMILES string of the molecule is CCCCCCCCC/C=C\CCCCCCCC(=O)NC(COC1OC(CO)C(OC2OC(CO)C(O)C(O)C2O)C(O)C1O)C(O)/C=C/CC/C=C/CCCCCCCCCCCC. The summed E-state index contributed by atoms with van der Waals surface area (Å²) in [5.74, 6) is -0.259. The van der Waals surface area contributed by atoms with Gasteiger partial charge < -0.3 is 65.1 Å². The molecule has 2 saturated heterocycles. The number of ether oxygens (including phenoxy) is 4. The van der Waals surface area contributed by atoms with E-state index in [0.717, 1.165) is 51.4 Å². The van der Waals surface area contributed by atoms with Gasteiger partial charge in [-0.25, -0.2) is 0 Å². The highest BCUT2D eigenvalue weighted by Gasteiger charge is 2.51. The number of nitrogens with one attached hydrogen (secondary N) is 1. The highest BCUT2D eigenvalue weighted by Crippen LogP contribution is 2.30. The molecule has 2 heterocycles. The van der Waals surface area contributed by atoms with E-state index in [1.54, 1.807) is 6.08 Å². The van der Waals surface area contributed by atoms with Crippen LogP contribution in [-0.2, 0) is 23.7 Å². The van der Waals surface area contributed by atoms with Crippen LogP contribution >= 0.6 is 0 Å². The number of carbonyl (C=O) groups excluding carboxylic acids is 1. The van der Waals surface area contributed by atoms with Crippen molar-refractivity contribution < 1.29 is 64.6 Å². The Bertz CT molecular complexity index is 1250. The second-order valence-electron chi connectivity index (χ2n) is 18.6. The van der Waals surface area contributed by atoms with Gasteiger partial charge in [0.1, 0.15) is 48.8 Å². The van der Waals surface area contributed by atoms with Crippen molar-refractivity contribution in [2.75, 3.05) is 19.8 Å². The van der Waals surface area contributed by atoms with Crippen molar-refractivity contribution >= 4 is 5.91 Å². The van der Waals surface area contributed by atoms with E-state index in [1.165, 1.54) is 109 Å². The number of hydrogen-bond acceptors (Lipinski definition) is 13. The van der Waals surface area contributed by atoms with E-state index in [4.69, 9.17) is 18.9 Å². The number of aliphatic hydroxyl groups is 8. The molecule has 9 N–H and O–H groups in total. The number of carbonyl (C=O) groups is 1. The quantitative estimate of drug-likeness (QED) is 0.0221. The fourth-order valence-corrected chi connectivity index (χ4v) is 8.48. The molecule has 12 unspecified atom stereocenters. The lowest BCUT2D eigenvalue weighted by Gasteiger charge is -2.46. The molecular weight excluding hydrogens is 847 g/mol. The predicted molar refractivity (Wildman–Crippen MR) is 258 cm³/mol. The lowest BCUT2D eigenvalue weighted by atomic mass is 9.97. The standard InChI is InChI=1S/C52H95NO13/c1-3-5-7-9-11-13-15-17-19-21-23-25-27-29-31-33-35-41(56)40(53-44(57)36-34-32-30-28-26-24-22-20-18-16-14-12-10-8-6-4-2)39-63-51-49(62)47(60)50(43(38-55)65-51)66-52-48(61)46(59)45(58)42(37-54)64-52/h20,22,25,27,33,35,40-43,45-52,54-56,58-62H,3-19,21,23-24,26,28-32,34,36-39H2,1-2H3,(H,53,57)/b22-20-,27-25+,35-33+. The molecule has 0 bridgehead atoms. The molecule has 14 heteroatoms. The highest BCUT2D eigenvalue weighted by molar-refractivity contribution is 5.76. The number of aliphatic hydroxyl groups excluding tert-OH is 8. The Labute approximate surface area is 398 Å². The molecule has 66 heavy (non-hydrogen) atoms. The van der Waals surface area contributed by atoms with E-state index < -0.39 is 86.8 Å². The zero-order chi connectivity index (χ0) is 48.2. The molecule has 386 valence electrons. The van der Waals surface area contributed by atoms with Crippen LogP contribution < -0.4 is 5.32 Å². The second kappa shape index (κ2) is 39.0. The number of hydrogen-bond donors (Lipinski definition) is 9. The zero-order valence-corrected chi connectivity index (χ0v) is 40.9. The first-order valence-electron chi connectivity index (χ1n) is 26.2. The van der Waals surface area contributed by atoms with Gasteiger partial charge in [-0.1, -0.05) is 166 Å². The van der Waals surface area contributed by atoms with Crippen molar-refractivity contribution in [3.05, 3.63) is 36.5 Å². The molecule has 0 radical (unpaired) electrons. The van der Waals surface area contributed by atoms with Crippen LogP contribution in [0.2, 0.25) is 0 Å². The number of allylic oxidation sites excluding steroid dienone is 5. The molecule has 0 spiro atoms. The lowest BCUT2D eigenvalue weighted by molar-refractivity contribution is -0.359. The van der Waals surface area contributed by atoms with E-state index in [9.17, 15) is 45.6 Å². The summed E-state index contributed by atoms with van der Waals surface area (Å²) in [6, 6.07) is -0.933. The summed E-state index contributed by atoms with van der Waals surface area (Å²) < 4.78 is 22.7. The van der Waals surface area contributed by atoms with Gasteiger partial charge in [0.25, 0.3) is 0 Å². The van der Waals surface area contributed by atoms with Crippen LogP contribution in [0, 0.1) is 0 Å². The summed E-state index contributed by atoms with van der Waals surface area (Å²) in [5.41, 5.74) is 0. The van der Waals surface area contributed by atoms with Gasteiger partial charge in [-0.3, -0.25) is 4.79 Å². The third-order valence-electron chi connectivity index (χ3n) is 12.8. The van der Waals surface area contributed by atoms with Crippen LogP contribution in [0.3, 0.4) is 0 Å². The Hall–Kier alpha value is -1.79. The van der Waals surface area contributed by atoms with Gasteiger partial charge in [0.2, 0.25) is 5.91 Å². The molecule has 0 aromatic rings. The van der Waals surface area contributed by atoms with Crippen molar-refractivity contribution in [2.24, 2.45) is 0 Å². The minimum Gasteiger partial charge on any atom is -0.394 e. The van der Waals surface area contributed by atoms with Crippen molar-refractivity contribution in [1.29, 1.82) is 0 Å². The smallest absolute Gasteiger partial charge is 0.220 e. The molecule has 0 saturated carbocycles. The van der Waals surface area contributed by atoms with Gasteiger partial charge in [0.05, 0.1) is 32.0 Å². The maximum atomic E-state index is 13.2. The lowest BCUT2D eigenvalue weighted by Crippen LogP contribution is -2.65. The molecule has 0 aromatic heterocycles. The average molecular weight is 942 g/mol. The summed E-state index contributed by atoms with van der Waals surface area (Å²) >= 11 is 0. The maximum absolute atomic E-state index is 13.2. The Morgan fingerprint density at radius 3 is 1.48 bits per heavy atom. The largest absolute Gasteiger partial charge is 0.394 e. The van der Waals surface area contributed by atoms with Crippen molar-refractivity contribution in [1.82, 2.24) is 5.32 Å². The third-order valence-corrected chi connectivity index (χ3v) is 12.8. The third kappa shape index (κ3) is 25.7. The van der Waals surface area contributed by atoms with Crippen LogP contribution in [0.1, 0.15) is 194 Å². The Morgan fingerprint density at radius 1 is 0.530 bits per heavy atom. The van der Waals surface area contributed by atoms with Crippen LogP contribution in [0.5, 0.6) is 0 Å². The van der Waals surface area contributed by atoms with Crippen molar-refractivity contribution in [3.8, 4) is 0 Å². The maximum Gasteiger partial charge on any atom is 0.220 e. The highest BCUT2D eigenvalue weighted by atomic mass is 16.7. The fourth-order valence-electron chi connectivity index (χ4n) is 8.48. The van der Waals surface area contributed by atoms with Crippen LogP contribution in [-0.4, -0.2) is 140 Å². The van der Waals surface area contributed by atoms with Gasteiger partial charge in [-0.15, -0.1) is 0 Å². The van der Waals surface area contributed by atoms with E-state index >= 15 is 0 Å². The first-order chi connectivity index (χ1) is 32.1. The first-order valence-corrected chi connectivity index (χ1v) is 26.2. The molecule has 0 aromatic carbocycles. The second-order valence-corrected chi connectivity index (χ2v) is 18.6. The van der Waals surface area contributed by atoms with Gasteiger partial charge >= 0.3 is 0 Å². The van der Waals surface area contributed by atoms with Gasteiger partial charge in [0.15, 0.2) is 12.6 Å². The molecular formula is C52H95NO13. The average Bonchev–Trinajstić information content (AvgIpc) is 3.31. The van der Waals surface area contributed by atoms with E-state index in [-0.39, 0.29) is 18.9 Å². The van der Waals surface area contributed by atoms with Gasteiger partial charge in [0, 0.05) is 6.42 Å². The number of amides is 1. The molecule has 12 atom stereocenters.